The topological polar surface area (TPSA) is 111 Å². The van der Waals surface area contributed by atoms with Gasteiger partial charge in [-0.25, -0.2) is 4.57 Å². The lowest BCUT2D eigenvalue weighted by atomic mass is 10.0. The van der Waals surface area contributed by atoms with Gasteiger partial charge in [0.15, 0.2) is 0 Å². The predicted molar refractivity (Wildman–Crippen MR) is 286 cm³/mol. The molecular weight excluding hydrogens is 856 g/mol. The second-order valence-electron chi connectivity index (χ2n) is 20.8. The molecule has 0 aromatic carbocycles. The number of nitrogens with zero attached hydrogens (tertiary/aromatic N) is 1. The molecule has 0 aliphatic rings. The van der Waals surface area contributed by atoms with Crippen LogP contribution in [0.5, 0.6) is 0 Å². The molecule has 0 heterocycles. The highest BCUT2D eigenvalue weighted by Gasteiger charge is 2.30. The lowest BCUT2D eigenvalue weighted by molar-refractivity contribution is -0.870. The normalized spacial score (nSPS) is 14.0. The highest BCUT2D eigenvalue weighted by molar-refractivity contribution is 7.47. The number of esters is 1. The number of quaternary nitrogens is 1. The summed E-state index contributed by atoms with van der Waals surface area (Å²) < 4.78 is 30.6. The summed E-state index contributed by atoms with van der Waals surface area (Å²) in [6, 6.07) is -0.841. The van der Waals surface area contributed by atoms with Crippen LogP contribution in [0.4, 0.5) is 0 Å². The number of unbranched alkanes of at least 4 members (excludes halogenated alkanes) is 34. The van der Waals surface area contributed by atoms with Crippen LogP contribution >= 0.6 is 7.82 Å². The minimum atomic E-state index is -4.43. The number of likely N-dealkylation sites (N-methyl/N-ethyl adjacent to an activating group) is 1. The first-order chi connectivity index (χ1) is 32.4. The molecule has 0 aromatic rings. The third-order valence-corrected chi connectivity index (χ3v) is 13.9. The third-order valence-electron chi connectivity index (χ3n) is 12.9. The van der Waals surface area contributed by atoms with E-state index < -0.39 is 20.0 Å². The first-order valence-corrected chi connectivity index (χ1v) is 30.2. The molecule has 0 spiro atoms. The Labute approximate surface area is 415 Å². The average molecular weight is 969 g/mol. The first-order valence-electron chi connectivity index (χ1n) is 28.7. The van der Waals surface area contributed by atoms with E-state index in [-0.39, 0.29) is 25.1 Å². The van der Waals surface area contributed by atoms with E-state index in [1.807, 2.05) is 33.3 Å². The number of carbonyl (C=O) groups excluding carboxylic acids is 2. The minimum absolute atomic E-state index is 0.0431. The fourth-order valence-electron chi connectivity index (χ4n) is 8.41. The number of amides is 1. The van der Waals surface area contributed by atoms with E-state index in [2.05, 4.69) is 38.2 Å². The smallest absolute Gasteiger partial charge is 0.456 e. The molecule has 0 aliphatic heterocycles. The summed E-state index contributed by atoms with van der Waals surface area (Å²) in [5.41, 5.74) is 0. The van der Waals surface area contributed by atoms with E-state index >= 15 is 0 Å². The van der Waals surface area contributed by atoms with Crippen LogP contribution in [0.1, 0.15) is 278 Å². The van der Waals surface area contributed by atoms with Gasteiger partial charge in [-0.1, -0.05) is 232 Å². The Morgan fingerprint density at radius 3 is 1.27 bits per heavy atom. The fraction of sp³-hybridized carbons (Fsp3) is 0.895. The Kier molecular flexibility index (Phi) is 47.0. The molecule has 0 bridgehead atoms. The molecular formula is C57H112N2O7P+. The Balaban J connectivity index is 5.23. The maximum Gasteiger partial charge on any atom is 0.472 e. The van der Waals surface area contributed by atoms with Gasteiger partial charge in [0.25, 0.3) is 0 Å². The maximum atomic E-state index is 13.4. The summed E-state index contributed by atoms with van der Waals surface area (Å²) in [6.45, 7) is 7.01. The fourth-order valence-corrected chi connectivity index (χ4v) is 9.14. The quantitative estimate of drug-likeness (QED) is 0.0205. The number of phosphoric ester groups is 1. The van der Waals surface area contributed by atoms with Crippen molar-refractivity contribution in [2.45, 2.75) is 290 Å². The second-order valence-corrected chi connectivity index (χ2v) is 22.3. The molecule has 0 aromatic heterocycles. The molecule has 0 fully saturated rings. The number of phosphoric acid groups is 1. The van der Waals surface area contributed by atoms with Crippen LogP contribution in [0, 0.1) is 0 Å². The number of hydrogen-bond donors (Lipinski definition) is 2. The van der Waals surface area contributed by atoms with E-state index in [4.69, 9.17) is 13.8 Å². The summed E-state index contributed by atoms with van der Waals surface area (Å²) >= 11 is 0. The van der Waals surface area contributed by atoms with Gasteiger partial charge in [-0.15, -0.1) is 0 Å². The largest absolute Gasteiger partial charge is 0.472 e. The molecule has 0 saturated heterocycles. The van der Waals surface area contributed by atoms with Crippen molar-refractivity contribution in [2.24, 2.45) is 0 Å². The molecule has 396 valence electrons. The lowest BCUT2D eigenvalue weighted by Crippen LogP contribution is -2.47. The van der Waals surface area contributed by atoms with Gasteiger partial charge >= 0.3 is 13.8 Å². The van der Waals surface area contributed by atoms with Gasteiger partial charge in [-0.05, 0) is 57.4 Å². The van der Waals surface area contributed by atoms with Crippen LogP contribution < -0.4 is 5.32 Å². The summed E-state index contributed by atoms with van der Waals surface area (Å²) in [5.74, 6) is -0.498. The molecule has 0 saturated carbocycles. The van der Waals surface area contributed by atoms with Crippen molar-refractivity contribution in [3.63, 3.8) is 0 Å². The molecule has 9 nitrogen and oxygen atoms in total. The standard InChI is InChI=1S/C57H111N2O7P/c1-7-10-13-16-19-22-25-26-27-28-29-30-31-32-35-38-41-44-47-50-57(61)66-55(48-45-42-39-36-33-23-20-17-14-11-8-2)54(53-65-67(62,63)64-52-51-59(4,5)6)58-56(60)49-46-43-40-37-34-24-21-18-15-12-9-3/h26-27,45,48,54-55H,7-25,28-44,46-47,49-53H2,1-6H3,(H-,58,60,62,63)/p+1/b27-26+,48-45+. The van der Waals surface area contributed by atoms with Gasteiger partial charge in [0, 0.05) is 12.8 Å². The number of nitrogens with one attached hydrogen (secondary N) is 1. The Hall–Kier alpha value is -1.51. The number of carbonyl (C=O) groups is 2. The van der Waals surface area contributed by atoms with Crippen LogP contribution in [0.2, 0.25) is 0 Å². The van der Waals surface area contributed by atoms with Crippen molar-refractivity contribution in [3.05, 3.63) is 24.3 Å². The SMILES string of the molecule is CCCCCCCC/C=C/CCCCCCCCCCCC(=O)OC(/C=C/CCCCCCCCCCC)C(COP(=O)(O)OCC[N+](C)(C)C)NC(=O)CCCCCCCCCCCCC. The number of allylic oxidation sites excluding steroid dienone is 3. The van der Waals surface area contributed by atoms with Gasteiger partial charge in [0.2, 0.25) is 5.91 Å². The van der Waals surface area contributed by atoms with E-state index in [1.165, 1.54) is 186 Å². The molecule has 67 heavy (non-hydrogen) atoms. The van der Waals surface area contributed by atoms with Crippen LogP contribution in [0.15, 0.2) is 24.3 Å². The second kappa shape index (κ2) is 48.1. The Bertz CT molecular complexity index is 1210. The van der Waals surface area contributed by atoms with Crippen molar-refractivity contribution in [3.8, 4) is 0 Å². The molecule has 1 amide bonds. The van der Waals surface area contributed by atoms with E-state index in [9.17, 15) is 19.0 Å². The molecule has 0 radical (unpaired) electrons. The van der Waals surface area contributed by atoms with Crippen LogP contribution in [0.3, 0.4) is 0 Å². The number of hydrogen-bond acceptors (Lipinski definition) is 6. The summed E-state index contributed by atoms with van der Waals surface area (Å²) in [4.78, 5) is 37.5. The van der Waals surface area contributed by atoms with Gasteiger partial charge in [-0.3, -0.25) is 18.6 Å². The van der Waals surface area contributed by atoms with Gasteiger partial charge in [0.1, 0.15) is 19.3 Å². The van der Waals surface area contributed by atoms with Crippen molar-refractivity contribution in [1.29, 1.82) is 0 Å². The Morgan fingerprint density at radius 2 is 0.866 bits per heavy atom. The third kappa shape index (κ3) is 49.3. The summed E-state index contributed by atoms with van der Waals surface area (Å²) in [7, 11) is 1.51. The highest BCUT2D eigenvalue weighted by atomic mass is 31.2. The zero-order chi connectivity index (χ0) is 49.4. The van der Waals surface area contributed by atoms with Crippen molar-refractivity contribution in [2.75, 3.05) is 40.9 Å². The van der Waals surface area contributed by atoms with E-state index in [0.29, 0.717) is 23.9 Å². The van der Waals surface area contributed by atoms with Crippen molar-refractivity contribution in [1.82, 2.24) is 5.32 Å². The van der Waals surface area contributed by atoms with Crippen LogP contribution in [-0.4, -0.2) is 74.3 Å². The predicted octanol–water partition coefficient (Wildman–Crippen LogP) is 17.0. The minimum Gasteiger partial charge on any atom is -0.456 e. The van der Waals surface area contributed by atoms with Crippen LogP contribution in [-0.2, 0) is 27.9 Å². The molecule has 2 N–H and O–H groups in total. The molecule has 3 unspecified atom stereocenters. The van der Waals surface area contributed by atoms with Crippen LogP contribution in [0.25, 0.3) is 0 Å². The maximum absolute atomic E-state index is 13.4. The highest BCUT2D eigenvalue weighted by Crippen LogP contribution is 2.43. The van der Waals surface area contributed by atoms with Gasteiger partial charge in [-0.2, -0.15) is 0 Å². The van der Waals surface area contributed by atoms with E-state index in [0.717, 1.165) is 57.8 Å². The number of ether oxygens (including phenoxy) is 1. The molecule has 0 aliphatic carbocycles. The molecule has 3 atom stereocenters. The first kappa shape index (κ1) is 65.5. The summed E-state index contributed by atoms with van der Waals surface area (Å²) in [5, 5.41) is 3.04. The average Bonchev–Trinajstić information content (AvgIpc) is 3.28. The zero-order valence-electron chi connectivity index (χ0n) is 45.2. The summed E-state index contributed by atoms with van der Waals surface area (Å²) in [6.07, 6.45) is 54.5. The number of rotatable bonds is 52. The lowest BCUT2D eigenvalue weighted by Gasteiger charge is -2.27. The van der Waals surface area contributed by atoms with Crippen molar-refractivity contribution < 1.29 is 37.3 Å². The molecule has 10 heteroatoms. The monoisotopic (exact) mass is 968 g/mol. The van der Waals surface area contributed by atoms with Gasteiger partial charge in [0.05, 0.1) is 33.8 Å². The van der Waals surface area contributed by atoms with Gasteiger partial charge < -0.3 is 19.4 Å². The Morgan fingerprint density at radius 1 is 0.507 bits per heavy atom. The molecule has 0 rings (SSSR count). The zero-order valence-corrected chi connectivity index (χ0v) is 46.1. The van der Waals surface area contributed by atoms with Crippen molar-refractivity contribution >= 4 is 19.7 Å². The van der Waals surface area contributed by atoms with E-state index in [1.54, 1.807) is 0 Å².